The number of aryl methyl sites for hydroxylation is 1. The monoisotopic (exact) mass is 260 g/mol. The van der Waals surface area contributed by atoms with Crippen LogP contribution in [0.15, 0.2) is 24.4 Å². The highest BCUT2D eigenvalue weighted by atomic mass is 16.2. The van der Waals surface area contributed by atoms with Crippen LogP contribution in [0, 0.1) is 0 Å². The second-order valence-corrected chi connectivity index (χ2v) is 5.39. The molecule has 104 valence electrons. The summed E-state index contributed by atoms with van der Waals surface area (Å²) >= 11 is 0. The van der Waals surface area contributed by atoms with E-state index in [1.165, 1.54) is 22.0 Å². The van der Waals surface area contributed by atoms with Crippen LogP contribution in [0.1, 0.15) is 37.3 Å². The van der Waals surface area contributed by atoms with Gasteiger partial charge < -0.3 is 15.4 Å². The molecule has 3 heteroatoms. The summed E-state index contributed by atoms with van der Waals surface area (Å²) < 4.78 is 2.23. The van der Waals surface area contributed by atoms with E-state index in [4.69, 9.17) is 10.8 Å². The molecule has 0 atom stereocenters. The van der Waals surface area contributed by atoms with E-state index < -0.39 is 0 Å². The molecule has 1 aromatic heterocycles. The fraction of sp³-hybridized carbons (Fsp3) is 0.500. The van der Waals surface area contributed by atoms with Crippen LogP contribution in [0.25, 0.3) is 10.9 Å². The minimum Gasteiger partial charge on any atom is -0.396 e. The second-order valence-electron chi connectivity index (χ2n) is 5.39. The summed E-state index contributed by atoms with van der Waals surface area (Å²) in [5.74, 6) is 0.535. The number of aliphatic hydroxyl groups excluding tert-OH is 1. The molecule has 1 heterocycles. The molecule has 1 aromatic carbocycles. The van der Waals surface area contributed by atoms with Gasteiger partial charge in [0.2, 0.25) is 0 Å². The number of hydrogen-bond acceptors (Lipinski definition) is 2. The second kappa shape index (κ2) is 6.22. The molecule has 0 aliphatic rings. The fourth-order valence-corrected chi connectivity index (χ4v) is 2.54. The third-order valence-electron chi connectivity index (χ3n) is 3.63. The van der Waals surface area contributed by atoms with Gasteiger partial charge in [-0.15, -0.1) is 0 Å². The van der Waals surface area contributed by atoms with Crippen molar-refractivity contribution in [2.45, 2.75) is 39.2 Å². The lowest BCUT2D eigenvalue weighted by molar-refractivity contribution is 0.288. The van der Waals surface area contributed by atoms with Gasteiger partial charge in [-0.1, -0.05) is 19.9 Å². The third-order valence-corrected chi connectivity index (χ3v) is 3.63. The van der Waals surface area contributed by atoms with Gasteiger partial charge in [0, 0.05) is 36.8 Å². The predicted octanol–water partition coefficient (Wildman–Crippen LogP) is 2.65. The topological polar surface area (TPSA) is 51.2 Å². The highest BCUT2D eigenvalue weighted by molar-refractivity contribution is 5.85. The molecule has 0 aliphatic carbocycles. The first-order valence-corrected chi connectivity index (χ1v) is 7.10. The molecule has 19 heavy (non-hydrogen) atoms. The van der Waals surface area contributed by atoms with Crippen LogP contribution in [-0.4, -0.2) is 22.8 Å². The minimum absolute atomic E-state index is 0.243. The Morgan fingerprint density at radius 2 is 2.11 bits per heavy atom. The maximum absolute atomic E-state index is 9.03. The van der Waals surface area contributed by atoms with Crippen molar-refractivity contribution in [2.24, 2.45) is 5.73 Å². The number of fused-ring (bicyclic) bond motifs is 1. The summed E-state index contributed by atoms with van der Waals surface area (Å²) in [6.45, 7) is 6.16. The van der Waals surface area contributed by atoms with Crippen LogP contribution in [0.2, 0.25) is 0 Å². The van der Waals surface area contributed by atoms with E-state index in [1.54, 1.807) is 0 Å². The quantitative estimate of drug-likeness (QED) is 0.839. The van der Waals surface area contributed by atoms with Crippen molar-refractivity contribution in [3.8, 4) is 0 Å². The molecule has 0 amide bonds. The average molecular weight is 260 g/mol. The Hall–Kier alpha value is -1.32. The number of nitrogens with zero attached hydrogens (tertiary/aromatic N) is 1. The van der Waals surface area contributed by atoms with Crippen LogP contribution >= 0.6 is 0 Å². The lowest BCUT2D eigenvalue weighted by Crippen LogP contribution is -2.08. The number of benzene rings is 1. The zero-order valence-electron chi connectivity index (χ0n) is 11.9. The first-order valence-electron chi connectivity index (χ1n) is 7.10. The van der Waals surface area contributed by atoms with E-state index in [-0.39, 0.29) is 6.61 Å². The summed E-state index contributed by atoms with van der Waals surface area (Å²) in [6.07, 6.45) is 3.93. The smallest absolute Gasteiger partial charge is 0.0483 e. The van der Waals surface area contributed by atoms with Crippen molar-refractivity contribution < 1.29 is 5.11 Å². The van der Waals surface area contributed by atoms with Crippen LogP contribution < -0.4 is 5.73 Å². The van der Waals surface area contributed by atoms with Gasteiger partial charge in [0.15, 0.2) is 0 Å². The average Bonchev–Trinajstić information content (AvgIpc) is 2.74. The Bertz CT molecular complexity index is 543. The van der Waals surface area contributed by atoms with Crippen LogP contribution in [0.3, 0.4) is 0 Å². The lowest BCUT2D eigenvalue weighted by Gasteiger charge is -2.07. The molecule has 0 saturated carbocycles. The van der Waals surface area contributed by atoms with E-state index in [9.17, 15) is 0 Å². The number of nitrogens with two attached hydrogens (primary N) is 1. The normalized spacial score (nSPS) is 11.6. The van der Waals surface area contributed by atoms with Gasteiger partial charge in [-0.25, -0.2) is 0 Å². The van der Waals surface area contributed by atoms with Gasteiger partial charge in [0.05, 0.1) is 0 Å². The molecule has 2 aromatic rings. The molecule has 0 aliphatic heterocycles. The molecule has 0 unspecified atom stereocenters. The fourth-order valence-electron chi connectivity index (χ4n) is 2.54. The summed E-state index contributed by atoms with van der Waals surface area (Å²) in [6, 6.07) is 6.69. The molecule has 0 radical (unpaired) electrons. The Morgan fingerprint density at radius 1 is 1.32 bits per heavy atom. The van der Waals surface area contributed by atoms with Gasteiger partial charge in [-0.3, -0.25) is 0 Å². The van der Waals surface area contributed by atoms with Gasteiger partial charge in [-0.2, -0.15) is 0 Å². The van der Waals surface area contributed by atoms with Gasteiger partial charge in [0.1, 0.15) is 0 Å². The van der Waals surface area contributed by atoms with Crippen LogP contribution in [0.4, 0.5) is 0 Å². The predicted molar refractivity (Wildman–Crippen MR) is 80.5 cm³/mol. The van der Waals surface area contributed by atoms with E-state index >= 15 is 0 Å². The van der Waals surface area contributed by atoms with E-state index in [0.29, 0.717) is 12.5 Å². The van der Waals surface area contributed by atoms with Crippen molar-refractivity contribution in [1.29, 1.82) is 0 Å². The van der Waals surface area contributed by atoms with Crippen molar-refractivity contribution in [3.63, 3.8) is 0 Å². The molecule has 2 rings (SSSR count). The molecule has 0 saturated heterocycles. The SMILES string of the molecule is CC(C)c1ccc2c(c1)c(CCCO)cn2CCN. The highest BCUT2D eigenvalue weighted by Gasteiger charge is 2.10. The number of hydrogen-bond donors (Lipinski definition) is 2. The van der Waals surface area contributed by atoms with Gasteiger partial charge >= 0.3 is 0 Å². The first-order chi connectivity index (χ1) is 9.17. The Kier molecular flexibility index (Phi) is 4.61. The summed E-state index contributed by atoms with van der Waals surface area (Å²) in [5, 5.41) is 10.3. The molecule has 0 bridgehead atoms. The van der Waals surface area contributed by atoms with Crippen LogP contribution in [0.5, 0.6) is 0 Å². The molecule has 0 fully saturated rings. The largest absolute Gasteiger partial charge is 0.396 e. The first kappa shape index (κ1) is 14.1. The Labute approximate surface area is 115 Å². The highest BCUT2D eigenvalue weighted by Crippen LogP contribution is 2.26. The van der Waals surface area contributed by atoms with Crippen molar-refractivity contribution in [1.82, 2.24) is 4.57 Å². The molecule has 0 spiro atoms. The summed E-state index contributed by atoms with van der Waals surface area (Å²) in [5.41, 5.74) is 9.61. The summed E-state index contributed by atoms with van der Waals surface area (Å²) in [7, 11) is 0. The molecular formula is C16H24N2O. The minimum atomic E-state index is 0.243. The molecule has 3 N–H and O–H groups in total. The third kappa shape index (κ3) is 2.99. The van der Waals surface area contributed by atoms with Crippen molar-refractivity contribution in [3.05, 3.63) is 35.5 Å². The maximum atomic E-state index is 9.03. The number of aromatic nitrogens is 1. The number of aliphatic hydroxyl groups is 1. The zero-order valence-corrected chi connectivity index (χ0v) is 11.9. The Balaban J connectivity index is 2.48. The number of rotatable bonds is 6. The molecular weight excluding hydrogens is 236 g/mol. The standard InChI is InChI=1S/C16H24N2O/c1-12(2)13-5-6-16-15(10-13)14(4-3-9-19)11-18(16)8-7-17/h5-6,10-12,19H,3-4,7-9,17H2,1-2H3. The van der Waals surface area contributed by atoms with Gasteiger partial charge in [0.25, 0.3) is 0 Å². The molecule has 3 nitrogen and oxygen atoms in total. The maximum Gasteiger partial charge on any atom is 0.0483 e. The zero-order chi connectivity index (χ0) is 13.8. The van der Waals surface area contributed by atoms with E-state index in [1.807, 2.05) is 0 Å². The van der Waals surface area contributed by atoms with Crippen LogP contribution in [-0.2, 0) is 13.0 Å². The van der Waals surface area contributed by atoms with Crippen molar-refractivity contribution >= 4 is 10.9 Å². The summed E-state index contributed by atoms with van der Waals surface area (Å²) in [4.78, 5) is 0. The Morgan fingerprint density at radius 3 is 2.74 bits per heavy atom. The van der Waals surface area contributed by atoms with E-state index in [2.05, 4.69) is 42.8 Å². The van der Waals surface area contributed by atoms with Gasteiger partial charge in [-0.05, 0) is 42.0 Å². The lowest BCUT2D eigenvalue weighted by atomic mass is 9.99. The van der Waals surface area contributed by atoms with E-state index in [0.717, 1.165) is 19.4 Å². The van der Waals surface area contributed by atoms with Crippen molar-refractivity contribution in [2.75, 3.05) is 13.2 Å².